The van der Waals surface area contributed by atoms with E-state index in [2.05, 4.69) is 20.9 Å². The fraction of sp³-hybridized carbons (Fsp3) is 0.636. The first-order valence-corrected chi connectivity index (χ1v) is 10.7. The zero-order valence-electron chi connectivity index (χ0n) is 17.8. The van der Waals surface area contributed by atoms with Gasteiger partial charge in [-0.25, -0.2) is 4.99 Å². The SMILES string of the molecule is CCOCCCNC(=NCc1ccc(OC)cc1)NCCCNC(=O)C1CCC1. The molecule has 0 radical (unpaired) electrons. The number of methoxy groups -OCH3 is 1. The van der Waals surface area contributed by atoms with Crippen molar-refractivity contribution in [2.75, 3.05) is 40.0 Å². The largest absolute Gasteiger partial charge is 0.497 e. The molecule has 0 unspecified atom stereocenters. The summed E-state index contributed by atoms with van der Waals surface area (Å²) < 4.78 is 10.6. The van der Waals surface area contributed by atoms with Crippen molar-refractivity contribution in [2.45, 2.75) is 45.6 Å². The Balaban J connectivity index is 1.73. The predicted octanol–water partition coefficient (Wildman–Crippen LogP) is 2.46. The van der Waals surface area contributed by atoms with Crippen LogP contribution in [0.25, 0.3) is 0 Å². The smallest absolute Gasteiger partial charge is 0.223 e. The number of ether oxygens (including phenoxy) is 2. The van der Waals surface area contributed by atoms with E-state index in [0.717, 1.165) is 69.3 Å². The van der Waals surface area contributed by atoms with Gasteiger partial charge in [0.2, 0.25) is 5.91 Å². The number of guanidine groups is 1. The fourth-order valence-electron chi connectivity index (χ4n) is 2.92. The zero-order chi connectivity index (χ0) is 20.7. The number of hydrogen-bond acceptors (Lipinski definition) is 4. The number of nitrogens with one attached hydrogen (secondary N) is 3. The standard InChI is InChI=1S/C22H36N4O3/c1-3-29-16-6-15-25-22(26-17-18-9-11-20(28-2)12-10-18)24-14-5-13-23-21(27)19-7-4-8-19/h9-12,19H,3-8,13-17H2,1-2H3,(H,23,27)(H2,24,25,26). The number of aliphatic imine (C=N–C) groups is 1. The van der Waals surface area contributed by atoms with Gasteiger partial charge in [0, 0.05) is 38.8 Å². The van der Waals surface area contributed by atoms with Gasteiger partial charge in [-0.05, 0) is 50.3 Å². The minimum absolute atomic E-state index is 0.207. The van der Waals surface area contributed by atoms with Gasteiger partial charge in [0.05, 0.1) is 13.7 Å². The summed E-state index contributed by atoms with van der Waals surface area (Å²) in [4.78, 5) is 16.5. The van der Waals surface area contributed by atoms with E-state index in [1.54, 1.807) is 7.11 Å². The van der Waals surface area contributed by atoms with Gasteiger partial charge in [0.25, 0.3) is 0 Å². The number of amides is 1. The maximum absolute atomic E-state index is 11.9. The fourth-order valence-corrected chi connectivity index (χ4v) is 2.92. The topological polar surface area (TPSA) is 84.0 Å². The first-order valence-electron chi connectivity index (χ1n) is 10.7. The zero-order valence-corrected chi connectivity index (χ0v) is 17.8. The van der Waals surface area contributed by atoms with Crippen molar-refractivity contribution < 1.29 is 14.3 Å². The van der Waals surface area contributed by atoms with Gasteiger partial charge >= 0.3 is 0 Å². The van der Waals surface area contributed by atoms with Crippen molar-refractivity contribution in [1.82, 2.24) is 16.0 Å². The van der Waals surface area contributed by atoms with E-state index >= 15 is 0 Å². The lowest BCUT2D eigenvalue weighted by molar-refractivity contribution is -0.127. The molecule has 0 bridgehead atoms. The van der Waals surface area contributed by atoms with Crippen LogP contribution in [0, 0.1) is 5.92 Å². The predicted molar refractivity (Wildman–Crippen MR) is 116 cm³/mol. The van der Waals surface area contributed by atoms with Gasteiger partial charge in [-0.3, -0.25) is 4.79 Å². The summed E-state index contributed by atoms with van der Waals surface area (Å²) >= 11 is 0. The van der Waals surface area contributed by atoms with Crippen molar-refractivity contribution in [1.29, 1.82) is 0 Å². The number of carbonyl (C=O) groups excluding carboxylic acids is 1. The van der Waals surface area contributed by atoms with Gasteiger partial charge in [-0.15, -0.1) is 0 Å². The number of hydrogen-bond donors (Lipinski definition) is 3. The molecule has 0 aromatic heterocycles. The van der Waals surface area contributed by atoms with Crippen LogP contribution in [0.15, 0.2) is 29.3 Å². The summed E-state index contributed by atoms with van der Waals surface area (Å²) in [7, 11) is 1.66. The first-order chi connectivity index (χ1) is 14.2. The summed E-state index contributed by atoms with van der Waals surface area (Å²) in [6.07, 6.45) is 5.05. The average molecular weight is 405 g/mol. The lowest BCUT2D eigenvalue weighted by Gasteiger charge is -2.24. The lowest BCUT2D eigenvalue weighted by Crippen LogP contribution is -2.40. The van der Waals surface area contributed by atoms with Crippen LogP contribution in [0.5, 0.6) is 5.75 Å². The third kappa shape index (κ3) is 9.17. The quantitative estimate of drug-likeness (QED) is 0.267. The van der Waals surface area contributed by atoms with E-state index in [9.17, 15) is 4.79 Å². The highest BCUT2D eigenvalue weighted by molar-refractivity contribution is 5.80. The van der Waals surface area contributed by atoms with E-state index < -0.39 is 0 Å². The molecule has 1 aliphatic rings. The lowest BCUT2D eigenvalue weighted by atomic mass is 9.85. The molecule has 0 heterocycles. The average Bonchev–Trinajstić information content (AvgIpc) is 2.70. The van der Waals surface area contributed by atoms with E-state index in [1.165, 1.54) is 6.42 Å². The number of benzene rings is 1. The molecular formula is C22H36N4O3. The highest BCUT2D eigenvalue weighted by atomic mass is 16.5. The van der Waals surface area contributed by atoms with Crippen molar-refractivity contribution in [2.24, 2.45) is 10.9 Å². The van der Waals surface area contributed by atoms with Gasteiger partial charge in [0.15, 0.2) is 5.96 Å². The van der Waals surface area contributed by atoms with Gasteiger partial charge in [0.1, 0.15) is 5.75 Å². The Morgan fingerprint density at radius 3 is 2.38 bits per heavy atom. The van der Waals surface area contributed by atoms with Gasteiger partial charge in [-0.2, -0.15) is 0 Å². The molecule has 1 fully saturated rings. The monoisotopic (exact) mass is 404 g/mol. The minimum atomic E-state index is 0.207. The van der Waals surface area contributed by atoms with Crippen LogP contribution in [0.4, 0.5) is 0 Å². The maximum atomic E-state index is 11.9. The number of rotatable bonds is 13. The van der Waals surface area contributed by atoms with Crippen molar-refractivity contribution in [3.63, 3.8) is 0 Å². The third-order valence-corrected chi connectivity index (χ3v) is 4.96. The normalized spacial score (nSPS) is 14.2. The van der Waals surface area contributed by atoms with Gasteiger partial charge in [-0.1, -0.05) is 18.6 Å². The Labute approximate surface area is 174 Å². The highest BCUT2D eigenvalue weighted by Crippen LogP contribution is 2.25. The summed E-state index contributed by atoms with van der Waals surface area (Å²) in [5, 5.41) is 9.74. The Morgan fingerprint density at radius 2 is 1.76 bits per heavy atom. The Bertz CT molecular complexity index is 615. The molecule has 3 N–H and O–H groups in total. The molecule has 1 saturated carbocycles. The second-order valence-electron chi connectivity index (χ2n) is 7.19. The second-order valence-corrected chi connectivity index (χ2v) is 7.19. The first kappa shape index (κ1) is 23.0. The molecule has 7 heteroatoms. The number of nitrogens with zero attached hydrogens (tertiary/aromatic N) is 1. The molecule has 162 valence electrons. The summed E-state index contributed by atoms with van der Waals surface area (Å²) in [5.41, 5.74) is 1.12. The Kier molecular flexibility index (Phi) is 11.0. The second kappa shape index (κ2) is 13.8. The van der Waals surface area contributed by atoms with Crippen molar-refractivity contribution in [3.8, 4) is 5.75 Å². The molecule has 1 aliphatic carbocycles. The molecular weight excluding hydrogens is 368 g/mol. The van der Waals surface area contributed by atoms with E-state index in [-0.39, 0.29) is 11.8 Å². The molecule has 0 saturated heterocycles. The van der Waals surface area contributed by atoms with E-state index in [0.29, 0.717) is 13.1 Å². The van der Waals surface area contributed by atoms with Crippen LogP contribution in [0.3, 0.4) is 0 Å². The Hall–Kier alpha value is -2.28. The van der Waals surface area contributed by atoms with Crippen LogP contribution in [-0.4, -0.2) is 51.8 Å². The molecule has 0 aliphatic heterocycles. The minimum Gasteiger partial charge on any atom is -0.497 e. The molecule has 1 aromatic rings. The maximum Gasteiger partial charge on any atom is 0.223 e. The molecule has 1 aromatic carbocycles. The van der Waals surface area contributed by atoms with E-state index in [4.69, 9.17) is 9.47 Å². The molecule has 2 rings (SSSR count). The number of carbonyl (C=O) groups is 1. The molecule has 29 heavy (non-hydrogen) atoms. The van der Waals surface area contributed by atoms with Gasteiger partial charge < -0.3 is 25.4 Å². The Morgan fingerprint density at radius 1 is 1.07 bits per heavy atom. The van der Waals surface area contributed by atoms with Crippen LogP contribution >= 0.6 is 0 Å². The van der Waals surface area contributed by atoms with Crippen LogP contribution in [-0.2, 0) is 16.1 Å². The van der Waals surface area contributed by atoms with Crippen molar-refractivity contribution >= 4 is 11.9 Å². The summed E-state index contributed by atoms with van der Waals surface area (Å²) in [6.45, 7) is 6.31. The van der Waals surface area contributed by atoms with Crippen LogP contribution in [0.2, 0.25) is 0 Å². The summed E-state index contributed by atoms with van der Waals surface area (Å²) in [6, 6.07) is 7.92. The molecule has 1 amide bonds. The summed E-state index contributed by atoms with van der Waals surface area (Å²) in [5.74, 6) is 2.08. The van der Waals surface area contributed by atoms with Crippen molar-refractivity contribution in [3.05, 3.63) is 29.8 Å². The van der Waals surface area contributed by atoms with E-state index in [1.807, 2.05) is 31.2 Å². The van der Waals surface area contributed by atoms with Crippen LogP contribution in [0.1, 0.15) is 44.6 Å². The molecule has 0 atom stereocenters. The molecule has 7 nitrogen and oxygen atoms in total. The highest BCUT2D eigenvalue weighted by Gasteiger charge is 2.24. The molecule has 0 spiro atoms. The van der Waals surface area contributed by atoms with Crippen LogP contribution < -0.4 is 20.7 Å². The third-order valence-electron chi connectivity index (χ3n) is 4.96.